The highest BCUT2D eigenvalue weighted by Gasteiger charge is 2.47. The van der Waals surface area contributed by atoms with Crippen molar-refractivity contribution < 1.29 is 18.0 Å². The van der Waals surface area contributed by atoms with Crippen LogP contribution in [0.25, 0.3) is 0 Å². The van der Waals surface area contributed by atoms with Crippen LogP contribution in [0.4, 0.5) is 13.2 Å². The number of halogens is 3. The zero-order valence-electron chi connectivity index (χ0n) is 6.77. The van der Waals surface area contributed by atoms with Crippen molar-refractivity contribution in [3.05, 3.63) is 0 Å². The number of amides is 1. The molecule has 1 aliphatic heterocycles. The molecule has 0 spiro atoms. The van der Waals surface area contributed by atoms with E-state index in [1.54, 1.807) is 0 Å². The van der Waals surface area contributed by atoms with Gasteiger partial charge < -0.3 is 5.73 Å². The molecule has 1 aliphatic rings. The summed E-state index contributed by atoms with van der Waals surface area (Å²) in [5.41, 5.74) is 4.56. The fraction of sp³-hybridized carbons (Fsp3) is 0.667. The van der Waals surface area contributed by atoms with Crippen LogP contribution < -0.4 is 11.2 Å². The number of hydrogen-bond acceptors (Lipinski definition) is 3. The Morgan fingerprint density at radius 2 is 2.23 bits per heavy atom. The van der Waals surface area contributed by atoms with Crippen LogP contribution in [0.2, 0.25) is 0 Å². The van der Waals surface area contributed by atoms with Crippen molar-refractivity contribution in [2.75, 3.05) is 0 Å². The zero-order valence-corrected chi connectivity index (χ0v) is 6.77. The van der Waals surface area contributed by atoms with Crippen LogP contribution >= 0.6 is 0 Å². The minimum atomic E-state index is -4.50. The van der Waals surface area contributed by atoms with E-state index in [9.17, 15) is 18.0 Å². The molecule has 0 aromatic carbocycles. The summed E-state index contributed by atoms with van der Waals surface area (Å²) in [6, 6.07) is 0. The number of alkyl halides is 3. The van der Waals surface area contributed by atoms with Crippen molar-refractivity contribution >= 4 is 11.6 Å². The monoisotopic (exact) mass is 195 g/mol. The Bertz CT molecular complexity index is 273. The molecule has 0 bridgehead atoms. The van der Waals surface area contributed by atoms with Gasteiger partial charge in [-0.25, -0.2) is 0 Å². The third kappa shape index (κ3) is 1.73. The number of hydrazone groups is 1. The summed E-state index contributed by atoms with van der Waals surface area (Å²) >= 11 is 0. The van der Waals surface area contributed by atoms with Gasteiger partial charge in [-0.05, 0) is 6.92 Å². The summed E-state index contributed by atoms with van der Waals surface area (Å²) < 4.78 is 36.1. The Kier molecular flexibility index (Phi) is 1.97. The SMILES string of the molecule is CC1(C(N)=O)CC(C(F)(F)F)=NN1. The lowest BCUT2D eigenvalue weighted by molar-refractivity contribution is -0.123. The third-order valence-electron chi connectivity index (χ3n) is 1.83. The molecule has 1 heterocycles. The average molecular weight is 195 g/mol. The molecule has 0 aliphatic carbocycles. The van der Waals surface area contributed by atoms with Gasteiger partial charge in [0, 0.05) is 6.42 Å². The fourth-order valence-corrected chi connectivity index (χ4v) is 0.911. The van der Waals surface area contributed by atoms with Crippen molar-refractivity contribution in [3.8, 4) is 0 Å². The van der Waals surface area contributed by atoms with Gasteiger partial charge in [-0.15, -0.1) is 0 Å². The van der Waals surface area contributed by atoms with Crippen LogP contribution in [0.1, 0.15) is 13.3 Å². The lowest BCUT2D eigenvalue weighted by Gasteiger charge is -2.18. The first-order valence-corrected chi connectivity index (χ1v) is 3.46. The number of nitrogens with zero attached hydrogens (tertiary/aromatic N) is 1. The van der Waals surface area contributed by atoms with Gasteiger partial charge in [-0.2, -0.15) is 18.3 Å². The highest BCUT2D eigenvalue weighted by atomic mass is 19.4. The van der Waals surface area contributed by atoms with E-state index >= 15 is 0 Å². The van der Waals surface area contributed by atoms with E-state index in [1.165, 1.54) is 6.92 Å². The Morgan fingerprint density at radius 1 is 1.69 bits per heavy atom. The molecular formula is C6H8F3N3O. The van der Waals surface area contributed by atoms with Crippen LogP contribution in [-0.4, -0.2) is 23.3 Å². The maximum absolute atomic E-state index is 12.0. The zero-order chi connectivity index (χ0) is 10.3. The Morgan fingerprint density at radius 3 is 2.46 bits per heavy atom. The molecule has 74 valence electrons. The largest absolute Gasteiger partial charge is 0.431 e. The molecule has 0 radical (unpaired) electrons. The minimum absolute atomic E-state index is 0.522. The molecule has 0 saturated heterocycles. The fourth-order valence-electron chi connectivity index (χ4n) is 0.911. The highest BCUT2D eigenvalue weighted by Crippen LogP contribution is 2.27. The van der Waals surface area contributed by atoms with E-state index in [0.717, 1.165) is 0 Å². The van der Waals surface area contributed by atoms with Crippen LogP contribution in [0.15, 0.2) is 5.10 Å². The van der Waals surface area contributed by atoms with Crippen molar-refractivity contribution in [2.24, 2.45) is 10.8 Å². The number of carbonyl (C=O) groups excluding carboxylic acids is 1. The summed E-state index contributed by atoms with van der Waals surface area (Å²) in [7, 11) is 0. The molecular weight excluding hydrogens is 187 g/mol. The van der Waals surface area contributed by atoms with Gasteiger partial charge in [-0.1, -0.05) is 0 Å². The summed E-state index contributed by atoms with van der Waals surface area (Å²) in [6.07, 6.45) is -5.02. The summed E-state index contributed by atoms with van der Waals surface area (Å²) in [6.45, 7) is 1.28. The Labute approximate surface area is 72.0 Å². The van der Waals surface area contributed by atoms with Gasteiger partial charge >= 0.3 is 6.18 Å². The Balaban J connectivity index is 2.77. The van der Waals surface area contributed by atoms with Crippen molar-refractivity contribution in [1.82, 2.24) is 5.43 Å². The predicted molar refractivity (Wildman–Crippen MR) is 38.8 cm³/mol. The van der Waals surface area contributed by atoms with Gasteiger partial charge in [0.15, 0.2) is 0 Å². The number of nitrogens with two attached hydrogens (primary N) is 1. The van der Waals surface area contributed by atoms with Gasteiger partial charge in [0.05, 0.1) is 0 Å². The second-order valence-corrected chi connectivity index (χ2v) is 3.04. The quantitative estimate of drug-likeness (QED) is 0.625. The topological polar surface area (TPSA) is 67.5 Å². The van der Waals surface area contributed by atoms with Crippen molar-refractivity contribution in [3.63, 3.8) is 0 Å². The van der Waals surface area contributed by atoms with E-state index < -0.39 is 29.8 Å². The number of hydrogen-bond donors (Lipinski definition) is 2. The number of primary amides is 1. The summed E-state index contributed by atoms with van der Waals surface area (Å²) in [5, 5.41) is 3.02. The molecule has 1 rings (SSSR count). The first-order chi connectivity index (χ1) is 5.76. The maximum Gasteiger partial charge on any atom is 0.431 e. The number of carbonyl (C=O) groups is 1. The van der Waals surface area contributed by atoms with Gasteiger partial charge in [0.25, 0.3) is 0 Å². The molecule has 0 aromatic heterocycles. The van der Waals surface area contributed by atoms with E-state index in [0.29, 0.717) is 0 Å². The van der Waals surface area contributed by atoms with Gasteiger partial charge in [-0.3, -0.25) is 10.2 Å². The van der Waals surface area contributed by atoms with Crippen molar-refractivity contribution in [2.45, 2.75) is 25.1 Å². The molecule has 4 nitrogen and oxygen atoms in total. The standard InChI is InChI=1S/C6H8F3N3O/c1-5(4(10)13)2-3(11-12-5)6(7,8)9/h12H,2H2,1H3,(H2,10,13). The number of nitrogens with one attached hydrogen (secondary N) is 1. The summed E-state index contributed by atoms with van der Waals surface area (Å²) in [4.78, 5) is 10.7. The van der Waals surface area contributed by atoms with E-state index in [2.05, 4.69) is 10.5 Å². The molecule has 7 heteroatoms. The van der Waals surface area contributed by atoms with Gasteiger partial charge in [0.2, 0.25) is 5.91 Å². The first-order valence-electron chi connectivity index (χ1n) is 3.46. The van der Waals surface area contributed by atoms with E-state index in [4.69, 9.17) is 5.73 Å². The highest BCUT2D eigenvalue weighted by molar-refractivity contribution is 5.98. The molecule has 1 unspecified atom stereocenters. The normalized spacial score (nSPS) is 28.2. The molecule has 0 saturated carbocycles. The van der Waals surface area contributed by atoms with E-state index in [1.807, 2.05) is 0 Å². The third-order valence-corrected chi connectivity index (χ3v) is 1.83. The second kappa shape index (κ2) is 2.61. The molecule has 0 aromatic rings. The molecule has 13 heavy (non-hydrogen) atoms. The second-order valence-electron chi connectivity index (χ2n) is 3.04. The molecule has 0 fully saturated rings. The maximum atomic E-state index is 12.0. The van der Waals surface area contributed by atoms with E-state index in [-0.39, 0.29) is 0 Å². The van der Waals surface area contributed by atoms with Crippen LogP contribution in [0.5, 0.6) is 0 Å². The average Bonchev–Trinajstić information content (AvgIpc) is 2.31. The lowest BCUT2D eigenvalue weighted by Crippen LogP contribution is -2.49. The number of rotatable bonds is 1. The van der Waals surface area contributed by atoms with Crippen LogP contribution in [0.3, 0.4) is 0 Å². The van der Waals surface area contributed by atoms with Crippen molar-refractivity contribution in [1.29, 1.82) is 0 Å². The lowest BCUT2D eigenvalue weighted by atomic mass is 9.96. The predicted octanol–water partition coefficient (Wildman–Crippen LogP) is 0.142. The Hall–Kier alpha value is -1.27. The first kappa shape index (κ1) is 9.82. The molecule has 3 N–H and O–H groups in total. The van der Waals surface area contributed by atoms with Crippen LogP contribution in [0, 0.1) is 0 Å². The molecule has 1 atom stereocenters. The van der Waals surface area contributed by atoms with Crippen LogP contribution in [-0.2, 0) is 4.79 Å². The minimum Gasteiger partial charge on any atom is -0.368 e. The summed E-state index contributed by atoms with van der Waals surface area (Å²) in [5.74, 6) is -0.851. The smallest absolute Gasteiger partial charge is 0.368 e. The molecule has 1 amide bonds. The van der Waals surface area contributed by atoms with Gasteiger partial charge in [0.1, 0.15) is 11.3 Å².